The lowest BCUT2D eigenvalue weighted by Gasteiger charge is -2.28. The van der Waals surface area contributed by atoms with Crippen molar-refractivity contribution >= 4 is 53.8 Å². The number of hydrogen-bond donors (Lipinski definition) is 2. The summed E-state index contributed by atoms with van der Waals surface area (Å²) in [5.74, 6) is -0.0416. The summed E-state index contributed by atoms with van der Waals surface area (Å²) in [5.41, 5.74) is 1.07. The molecule has 0 bridgehead atoms. The second-order valence-electron chi connectivity index (χ2n) is 8.58. The van der Waals surface area contributed by atoms with Gasteiger partial charge in [-0.15, -0.1) is 0 Å². The van der Waals surface area contributed by atoms with Gasteiger partial charge in [-0.25, -0.2) is 16.8 Å². The molecule has 1 unspecified atom stereocenters. The number of methoxy groups -OCH3 is 1. The first kappa shape index (κ1) is 27.0. The first-order valence-corrected chi connectivity index (χ1v) is 14.9. The standard InChI is InChI=1S/C27H27N3O6S2/c1-19(30(37(3,32)33)22-13-15-23(36-2)16-14-22)27(31)28-21-11-17-24(18-12-21)38(34,35)29-26-10-6-8-20-7-4-5-9-25(20)26/h4-19,29H,1-3H3,(H,28,31). The molecule has 0 aromatic heterocycles. The van der Waals surface area contributed by atoms with Crippen molar-refractivity contribution < 1.29 is 26.4 Å². The Morgan fingerprint density at radius 2 is 1.47 bits per heavy atom. The Labute approximate surface area is 222 Å². The molecule has 0 saturated carbocycles. The number of nitrogens with one attached hydrogen (secondary N) is 2. The van der Waals surface area contributed by atoms with Crippen LogP contribution < -0.4 is 19.1 Å². The van der Waals surface area contributed by atoms with Gasteiger partial charge in [0, 0.05) is 11.1 Å². The van der Waals surface area contributed by atoms with Gasteiger partial charge in [-0.3, -0.25) is 13.8 Å². The molecule has 0 fully saturated rings. The second kappa shape index (κ2) is 10.7. The van der Waals surface area contributed by atoms with E-state index in [1.807, 2.05) is 30.3 Å². The predicted molar refractivity (Wildman–Crippen MR) is 150 cm³/mol. The van der Waals surface area contributed by atoms with Crippen LogP contribution in [0.4, 0.5) is 17.1 Å². The van der Waals surface area contributed by atoms with Gasteiger partial charge in [0.15, 0.2) is 0 Å². The molecule has 198 valence electrons. The van der Waals surface area contributed by atoms with E-state index < -0.39 is 32.0 Å². The fraction of sp³-hybridized carbons (Fsp3) is 0.148. The number of rotatable bonds is 9. The number of amides is 1. The van der Waals surface area contributed by atoms with Crippen molar-refractivity contribution in [2.45, 2.75) is 17.9 Å². The maximum Gasteiger partial charge on any atom is 0.261 e. The summed E-state index contributed by atoms with van der Waals surface area (Å²) in [6, 6.07) is 23.6. The van der Waals surface area contributed by atoms with E-state index in [9.17, 15) is 21.6 Å². The number of ether oxygens (including phenoxy) is 1. The molecule has 4 aromatic rings. The van der Waals surface area contributed by atoms with Crippen LogP contribution in [0.25, 0.3) is 10.8 Å². The lowest BCUT2D eigenvalue weighted by molar-refractivity contribution is -0.116. The Morgan fingerprint density at radius 3 is 2.11 bits per heavy atom. The zero-order chi connectivity index (χ0) is 27.5. The number of carbonyl (C=O) groups excluding carboxylic acids is 1. The van der Waals surface area contributed by atoms with E-state index in [4.69, 9.17) is 4.74 Å². The molecule has 0 aliphatic carbocycles. The fourth-order valence-electron chi connectivity index (χ4n) is 4.02. The van der Waals surface area contributed by atoms with Gasteiger partial charge in [-0.1, -0.05) is 36.4 Å². The lowest BCUT2D eigenvalue weighted by Crippen LogP contribution is -2.45. The maximum atomic E-state index is 13.0. The van der Waals surface area contributed by atoms with Crippen LogP contribution in [-0.4, -0.2) is 42.2 Å². The van der Waals surface area contributed by atoms with Gasteiger partial charge in [0.1, 0.15) is 11.8 Å². The molecule has 0 saturated heterocycles. The van der Waals surface area contributed by atoms with Gasteiger partial charge in [0.25, 0.3) is 10.0 Å². The molecule has 0 heterocycles. The minimum atomic E-state index is -3.90. The highest BCUT2D eigenvalue weighted by atomic mass is 32.2. The zero-order valence-corrected chi connectivity index (χ0v) is 22.6. The highest BCUT2D eigenvalue weighted by Gasteiger charge is 2.29. The minimum Gasteiger partial charge on any atom is -0.497 e. The van der Waals surface area contributed by atoms with E-state index in [1.54, 1.807) is 36.4 Å². The Hall–Kier alpha value is -4.09. The van der Waals surface area contributed by atoms with Gasteiger partial charge in [-0.05, 0) is 66.9 Å². The SMILES string of the molecule is COc1ccc(N(C(C)C(=O)Nc2ccc(S(=O)(=O)Nc3cccc4ccccc34)cc2)S(C)(=O)=O)cc1. The van der Waals surface area contributed by atoms with Crippen molar-refractivity contribution in [3.8, 4) is 5.75 Å². The van der Waals surface area contributed by atoms with E-state index in [-0.39, 0.29) is 4.90 Å². The molecule has 0 spiro atoms. The molecule has 2 N–H and O–H groups in total. The highest BCUT2D eigenvalue weighted by Crippen LogP contribution is 2.27. The average molecular weight is 554 g/mol. The van der Waals surface area contributed by atoms with Crippen molar-refractivity contribution in [3.63, 3.8) is 0 Å². The largest absolute Gasteiger partial charge is 0.497 e. The van der Waals surface area contributed by atoms with E-state index in [0.29, 0.717) is 22.8 Å². The van der Waals surface area contributed by atoms with Crippen molar-refractivity contribution in [3.05, 3.63) is 91.0 Å². The first-order valence-electron chi connectivity index (χ1n) is 11.5. The number of fused-ring (bicyclic) bond motifs is 1. The van der Waals surface area contributed by atoms with Gasteiger partial charge in [0.2, 0.25) is 15.9 Å². The van der Waals surface area contributed by atoms with E-state index >= 15 is 0 Å². The van der Waals surface area contributed by atoms with Crippen molar-refractivity contribution in [1.29, 1.82) is 0 Å². The molecule has 1 amide bonds. The number of benzene rings is 4. The molecule has 9 nitrogen and oxygen atoms in total. The molecule has 11 heteroatoms. The molecular formula is C27H27N3O6S2. The molecule has 4 aromatic carbocycles. The van der Waals surface area contributed by atoms with Crippen LogP contribution in [0.15, 0.2) is 95.9 Å². The highest BCUT2D eigenvalue weighted by molar-refractivity contribution is 7.92. The van der Waals surface area contributed by atoms with Crippen LogP contribution in [0.1, 0.15) is 6.92 Å². The van der Waals surface area contributed by atoms with E-state index in [1.165, 1.54) is 38.3 Å². The number of anilines is 3. The summed E-state index contributed by atoms with van der Waals surface area (Å²) >= 11 is 0. The number of hydrogen-bond acceptors (Lipinski definition) is 6. The van der Waals surface area contributed by atoms with Crippen molar-refractivity contribution in [1.82, 2.24) is 0 Å². The van der Waals surface area contributed by atoms with Crippen LogP contribution >= 0.6 is 0 Å². The Balaban J connectivity index is 1.51. The topological polar surface area (TPSA) is 122 Å². The average Bonchev–Trinajstić information content (AvgIpc) is 2.89. The number of nitrogens with zero attached hydrogens (tertiary/aromatic N) is 1. The smallest absolute Gasteiger partial charge is 0.261 e. The third-order valence-corrected chi connectivity index (χ3v) is 8.50. The maximum absolute atomic E-state index is 13.0. The first-order chi connectivity index (χ1) is 18.0. The summed E-state index contributed by atoms with van der Waals surface area (Å²) in [4.78, 5) is 13.0. The Kier molecular flexibility index (Phi) is 7.61. The van der Waals surface area contributed by atoms with Crippen molar-refractivity contribution in [2.24, 2.45) is 0 Å². The summed E-state index contributed by atoms with van der Waals surface area (Å²) in [6.07, 6.45) is 1.02. The molecule has 0 aliphatic rings. The molecule has 1 atom stereocenters. The Morgan fingerprint density at radius 1 is 0.842 bits per heavy atom. The summed E-state index contributed by atoms with van der Waals surface area (Å²) in [6.45, 7) is 1.47. The zero-order valence-electron chi connectivity index (χ0n) is 21.0. The molecule has 38 heavy (non-hydrogen) atoms. The monoisotopic (exact) mass is 553 g/mol. The quantitative estimate of drug-likeness (QED) is 0.316. The van der Waals surface area contributed by atoms with Crippen molar-refractivity contribution in [2.75, 3.05) is 27.7 Å². The van der Waals surface area contributed by atoms with Crippen LogP contribution in [0, 0.1) is 0 Å². The van der Waals surface area contributed by atoms with Crippen LogP contribution in [-0.2, 0) is 24.8 Å². The van der Waals surface area contributed by atoms with E-state index in [0.717, 1.165) is 21.3 Å². The molecule has 4 rings (SSSR count). The van der Waals surface area contributed by atoms with Crippen LogP contribution in [0.5, 0.6) is 5.75 Å². The normalized spacial score (nSPS) is 12.5. The number of sulfonamides is 2. The van der Waals surface area contributed by atoms with Gasteiger partial charge in [-0.2, -0.15) is 0 Å². The number of carbonyl (C=O) groups is 1. The van der Waals surface area contributed by atoms with Crippen LogP contribution in [0.3, 0.4) is 0 Å². The summed E-state index contributed by atoms with van der Waals surface area (Å²) in [7, 11) is -6.21. The van der Waals surface area contributed by atoms with E-state index in [2.05, 4.69) is 10.0 Å². The molecule has 0 aliphatic heterocycles. The fourth-order valence-corrected chi connectivity index (χ4v) is 6.27. The van der Waals surface area contributed by atoms with Gasteiger partial charge >= 0.3 is 0 Å². The van der Waals surface area contributed by atoms with Crippen LogP contribution in [0.2, 0.25) is 0 Å². The summed E-state index contributed by atoms with van der Waals surface area (Å²) < 4.78 is 59.8. The van der Waals surface area contributed by atoms with Gasteiger partial charge in [0.05, 0.1) is 29.6 Å². The van der Waals surface area contributed by atoms with Gasteiger partial charge < -0.3 is 10.1 Å². The molecular weight excluding hydrogens is 526 g/mol. The summed E-state index contributed by atoms with van der Waals surface area (Å²) in [5, 5.41) is 4.32. The lowest BCUT2D eigenvalue weighted by atomic mass is 10.1. The minimum absolute atomic E-state index is 0.00692. The predicted octanol–water partition coefficient (Wildman–Crippen LogP) is 4.44. The third kappa shape index (κ3) is 5.90. The molecule has 0 radical (unpaired) electrons. The Bertz CT molecular complexity index is 1670. The third-order valence-electron chi connectivity index (χ3n) is 5.88. The second-order valence-corrected chi connectivity index (χ2v) is 12.1.